The minimum Gasteiger partial charge on any atom is -0.349 e. The Morgan fingerprint density at radius 1 is 1.00 bits per heavy atom. The van der Waals surface area contributed by atoms with Crippen molar-refractivity contribution in [1.29, 1.82) is 0 Å². The molecule has 0 aromatic heterocycles. The molecule has 134 valence electrons. The first-order valence-electron chi connectivity index (χ1n) is 8.71. The summed E-state index contributed by atoms with van der Waals surface area (Å²) < 4.78 is 13.6. The van der Waals surface area contributed by atoms with Crippen molar-refractivity contribution in [3.05, 3.63) is 77.6 Å². The number of carbonyl (C=O) groups is 2. The van der Waals surface area contributed by atoms with Crippen LogP contribution in [0.5, 0.6) is 0 Å². The van der Waals surface area contributed by atoms with Gasteiger partial charge in [-0.1, -0.05) is 36.4 Å². The van der Waals surface area contributed by atoms with Crippen LogP contribution in [0.4, 0.5) is 4.39 Å². The SMILES string of the molecule is O=C(NC1CCN(C(=O)/C=C/c2ccccc2F)CC1)c1ccccc1. The van der Waals surface area contributed by atoms with Crippen LogP contribution in [0.1, 0.15) is 28.8 Å². The molecule has 3 rings (SSSR count). The smallest absolute Gasteiger partial charge is 0.251 e. The van der Waals surface area contributed by atoms with Crippen LogP contribution in [-0.2, 0) is 4.79 Å². The van der Waals surface area contributed by atoms with Crippen molar-refractivity contribution in [2.45, 2.75) is 18.9 Å². The maximum atomic E-state index is 13.6. The first-order valence-corrected chi connectivity index (χ1v) is 8.71. The summed E-state index contributed by atoms with van der Waals surface area (Å²) >= 11 is 0. The van der Waals surface area contributed by atoms with Crippen LogP contribution in [-0.4, -0.2) is 35.8 Å². The minimum absolute atomic E-state index is 0.0577. The van der Waals surface area contributed by atoms with Crippen LogP contribution in [0.25, 0.3) is 6.08 Å². The average Bonchev–Trinajstić information content (AvgIpc) is 2.68. The summed E-state index contributed by atoms with van der Waals surface area (Å²) in [5.41, 5.74) is 1.03. The quantitative estimate of drug-likeness (QED) is 0.859. The number of hydrogen-bond donors (Lipinski definition) is 1. The van der Waals surface area contributed by atoms with Crippen molar-refractivity contribution in [3.63, 3.8) is 0 Å². The van der Waals surface area contributed by atoms with E-state index in [4.69, 9.17) is 0 Å². The Balaban J connectivity index is 1.49. The van der Waals surface area contributed by atoms with Gasteiger partial charge in [0.25, 0.3) is 5.91 Å². The number of halogens is 1. The van der Waals surface area contributed by atoms with E-state index in [2.05, 4.69) is 5.32 Å². The Morgan fingerprint density at radius 3 is 2.35 bits per heavy atom. The molecule has 0 aliphatic carbocycles. The summed E-state index contributed by atoms with van der Waals surface area (Å²) in [7, 11) is 0. The van der Waals surface area contributed by atoms with E-state index in [-0.39, 0.29) is 23.7 Å². The highest BCUT2D eigenvalue weighted by molar-refractivity contribution is 5.94. The molecular formula is C21H21FN2O2. The average molecular weight is 352 g/mol. The van der Waals surface area contributed by atoms with Gasteiger partial charge in [0.05, 0.1) is 0 Å². The van der Waals surface area contributed by atoms with Crippen molar-refractivity contribution < 1.29 is 14.0 Å². The van der Waals surface area contributed by atoms with Gasteiger partial charge in [-0.25, -0.2) is 4.39 Å². The Hall–Kier alpha value is -2.95. The van der Waals surface area contributed by atoms with Gasteiger partial charge in [-0.05, 0) is 37.1 Å². The lowest BCUT2D eigenvalue weighted by molar-refractivity contribution is -0.126. The lowest BCUT2D eigenvalue weighted by Crippen LogP contribution is -2.46. The zero-order valence-corrected chi connectivity index (χ0v) is 14.4. The minimum atomic E-state index is -0.348. The van der Waals surface area contributed by atoms with Crippen molar-refractivity contribution in [3.8, 4) is 0 Å². The molecule has 1 fully saturated rings. The van der Waals surface area contributed by atoms with Crippen molar-refractivity contribution in [1.82, 2.24) is 10.2 Å². The van der Waals surface area contributed by atoms with Gasteiger partial charge < -0.3 is 10.2 Å². The van der Waals surface area contributed by atoms with Gasteiger partial charge in [-0.15, -0.1) is 0 Å². The maximum Gasteiger partial charge on any atom is 0.251 e. The molecule has 0 bridgehead atoms. The Morgan fingerprint density at radius 2 is 1.65 bits per heavy atom. The monoisotopic (exact) mass is 352 g/mol. The van der Waals surface area contributed by atoms with E-state index < -0.39 is 0 Å². The van der Waals surface area contributed by atoms with E-state index >= 15 is 0 Å². The standard InChI is InChI=1S/C21H21FN2O2/c22-19-9-5-4-6-16(19)10-11-20(25)24-14-12-18(13-15-24)23-21(26)17-7-2-1-3-8-17/h1-11,18H,12-15H2,(H,23,26)/b11-10+. The third kappa shape index (κ3) is 4.57. The van der Waals surface area contributed by atoms with E-state index in [0.29, 0.717) is 37.1 Å². The Bertz CT molecular complexity index is 797. The van der Waals surface area contributed by atoms with Gasteiger partial charge in [-0.3, -0.25) is 9.59 Å². The zero-order valence-electron chi connectivity index (χ0n) is 14.4. The normalized spacial score (nSPS) is 15.2. The molecule has 1 aliphatic rings. The van der Waals surface area contributed by atoms with Crippen molar-refractivity contribution >= 4 is 17.9 Å². The van der Waals surface area contributed by atoms with Crippen LogP contribution in [0, 0.1) is 5.82 Å². The summed E-state index contributed by atoms with van der Waals surface area (Å²) in [6, 6.07) is 15.5. The highest BCUT2D eigenvalue weighted by atomic mass is 19.1. The number of piperidine rings is 1. The lowest BCUT2D eigenvalue weighted by Gasteiger charge is -2.31. The molecule has 0 unspecified atom stereocenters. The molecule has 0 radical (unpaired) electrons. The number of likely N-dealkylation sites (tertiary alicyclic amines) is 1. The summed E-state index contributed by atoms with van der Waals surface area (Å²) in [6.07, 6.45) is 4.32. The molecule has 1 aliphatic heterocycles. The van der Waals surface area contributed by atoms with E-state index in [1.807, 2.05) is 18.2 Å². The fourth-order valence-electron chi connectivity index (χ4n) is 2.98. The van der Waals surface area contributed by atoms with Gasteiger partial charge in [-0.2, -0.15) is 0 Å². The largest absolute Gasteiger partial charge is 0.349 e. The number of hydrogen-bond acceptors (Lipinski definition) is 2. The topological polar surface area (TPSA) is 49.4 Å². The highest BCUT2D eigenvalue weighted by Gasteiger charge is 2.23. The molecule has 1 N–H and O–H groups in total. The van der Waals surface area contributed by atoms with Crippen LogP contribution < -0.4 is 5.32 Å². The van der Waals surface area contributed by atoms with E-state index in [0.717, 1.165) is 0 Å². The van der Waals surface area contributed by atoms with E-state index in [1.54, 1.807) is 35.2 Å². The molecule has 2 aromatic carbocycles. The van der Waals surface area contributed by atoms with Gasteiger partial charge in [0.1, 0.15) is 5.82 Å². The van der Waals surface area contributed by atoms with Crippen molar-refractivity contribution in [2.24, 2.45) is 0 Å². The summed E-state index contributed by atoms with van der Waals surface area (Å²) in [5, 5.41) is 3.02. The van der Waals surface area contributed by atoms with Crippen LogP contribution in [0.15, 0.2) is 60.7 Å². The van der Waals surface area contributed by atoms with Crippen molar-refractivity contribution in [2.75, 3.05) is 13.1 Å². The number of rotatable bonds is 4. The number of amides is 2. The fourth-order valence-corrected chi connectivity index (χ4v) is 2.98. The van der Waals surface area contributed by atoms with Crippen LogP contribution in [0.2, 0.25) is 0 Å². The molecule has 1 saturated heterocycles. The molecule has 4 nitrogen and oxygen atoms in total. The van der Waals surface area contributed by atoms with Gasteiger partial charge >= 0.3 is 0 Å². The lowest BCUT2D eigenvalue weighted by atomic mass is 10.0. The van der Waals surface area contributed by atoms with Crippen LogP contribution in [0.3, 0.4) is 0 Å². The fraction of sp³-hybridized carbons (Fsp3) is 0.238. The second-order valence-corrected chi connectivity index (χ2v) is 6.29. The number of benzene rings is 2. The van der Waals surface area contributed by atoms with Gasteiger partial charge in [0.15, 0.2) is 0 Å². The summed E-state index contributed by atoms with van der Waals surface area (Å²) in [6.45, 7) is 1.14. The second-order valence-electron chi connectivity index (χ2n) is 6.29. The molecule has 0 spiro atoms. The zero-order chi connectivity index (χ0) is 18.4. The molecule has 0 atom stereocenters. The number of nitrogens with one attached hydrogen (secondary N) is 1. The second kappa shape index (κ2) is 8.43. The molecule has 1 heterocycles. The third-order valence-electron chi connectivity index (χ3n) is 4.49. The van der Waals surface area contributed by atoms with E-state index in [9.17, 15) is 14.0 Å². The summed E-state index contributed by atoms with van der Waals surface area (Å²) in [5.74, 6) is -0.574. The third-order valence-corrected chi connectivity index (χ3v) is 4.49. The predicted molar refractivity (Wildman–Crippen MR) is 98.9 cm³/mol. The molecule has 26 heavy (non-hydrogen) atoms. The molecule has 2 aromatic rings. The predicted octanol–water partition coefficient (Wildman–Crippen LogP) is 3.26. The number of nitrogens with zero attached hydrogens (tertiary/aromatic N) is 1. The first kappa shape index (κ1) is 17.9. The Labute approximate surface area is 152 Å². The van der Waals surface area contributed by atoms with Gasteiger partial charge in [0.2, 0.25) is 5.91 Å². The molecule has 5 heteroatoms. The Kier molecular flexibility index (Phi) is 5.79. The number of carbonyl (C=O) groups excluding carboxylic acids is 2. The summed E-state index contributed by atoms with van der Waals surface area (Å²) in [4.78, 5) is 26.2. The van der Waals surface area contributed by atoms with E-state index in [1.165, 1.54) is 18.2 Å². The maximum absolute atomic E-state index is 13.6. The highest BCUT2D eigenvalue weighted by Crippen LogP contribution is 2.13. The molecule has 2 amide bonds. The molecular weight excluding hydrogens is 331 g/mol. The molecule has 0 saturated carbocycles. The first-order chi connectivity index (χ1) is 12.6. The van der Waals surface area contributed by atoms with Crippen LogP contribution >= 0.6 is 0 Å². The van der Waals surface area contributed by atoms with Gasteiger partial charge in [0, 0.05) is 36.3 Å².